The summed E-state index contributed by atoms with van der Waals surface area (Å²) in [4.78, 5) is 2.30. The van der Waals surface area contributed by atoms with Crippen LogP contribution in [0.3, 0.4) is 0 Å². The fourth-order valence-electron chi connectivity index (χ4n) is 0.965. The fourth-order valence-corrected chi connectivity index (χ4v) is 2.19. The van der Waals surface area contributed by atoms with Crippen LogP contribution in [-0.4, -0.2) is 20.9 Å². The number of benzene rings is 1. The minimum atomic E-state index is 0.109. The molecule has 0 aromatic heterocycles. The molecular formula is C10H11NTe. The molecule has 1 aromatic rings. The molecule has 0 saturated carbocycles. The zero-order valence-corrected chi connectivity index (χ0v) is 9.57. The Kier molecular flexibility index (Phi) is 3.60. The Morgan fingerprint density at radius 3 is 2.33 bits per heavy atom. The molecule has 0 bridgehead atoms. The van der Waals surface area contributed by atoms with Crippen LogP contribution in [0.25, 0.3) is 0 Å². The zero-order chi connectivity index (χ0) is 8.97. The second kappa shape index (κ2) is 4.51. The summed E-state index contributed by atoms with van der Waals surface area (Å²) in [5.41, 5.74) is 2.13. The number of hydrogen-bond acceptors (Lipinski definition) is 1. The van der Waals surface area contributed by atoms with Gasteiger partial charge in [0.15, 0.2) is 0 Å². The molecule has 12 heavy (non-hydrogen) atoms. The molecule has 1 aromatic carbocycles. The van der Waals surface area contributed by atoms with Crippen LogP contribution >= 0.6 is 0 Å². The first kappa shape index (κ1) is 9.59. The van der Waals surface area contributed by atoms with E-state index in [1.807, 2.05) is 12.1 Å². The molecule has 1 atom stereocenters. The number of hydrogen-bond donors (Lipinski definition) is 0. The standard InChI is InChI=1S/C10H11NTe/c1-8(12-2)10-5-3-9(7-11)4-6-10/h3-6,8H,1-2H3. The van der Waals surface area contributed by atoms with E-state index in [4.69, 9.17) is 5.26 Å². The van der Waals surface area contributed by atoms with E-state index in [0.29, 0.717) is 0 Å². The van der Waals surface area contributed by atoms with Crippen LogP contribution in [0.1, 0.15) is 22.0 Å². The Balaban J connectivity index is 2.86. The first-order valence-corrected chi connectivity index (χ1v) is 7.48. The van der Waals surface area contributed by atoms with E-state index in [1.54, 1.807) is 0 Å². The summed E-state index contributed by atoms with van der Waals surface area (Å²) in [6, 6.07) is 10.1. The minimum absolute atomic E-state index is 0.109. The summed E-state index contributed by atoms with van der Waals surface area (Å²) in [5, 5.41) is 8.58. The van der Waals surface area contributed by atoms with Gasteiger partial charge in [0, 0.05) is 0 Å². The van der Waals surface area contributed by atoms with Gasteiger partial charge in [0.05, 0.1) is 0 Å². The van der Waals surface area contributed by atoms with Gasteiger partial charge in [0.1, 0.15) is 0 Å². The van der Waals surface area contributed by atoms with E-state index in [2.05, 4.69) is 30.1 Å². The Labute approximate surface area is 83.5 Å². The van der Waals surface area contributed by atoms with Crippen molar-refractivity contribution in [1.29, 1.82) is 5.26 Å². The van der Waals surface area contributed by atoms with E-state index < -0.39 is 0 Å². The second-order valence-corrected chi connectivity index (χ2v) is 5.98. The van der Waals surface area contributed by atoms with Crippen LogP contribution in [0.5, 0.6) is 0 Å². The third-order valence-electron chi connectivity index (χ3n) is 1.86. The van der Waals surface area contributed by atoms with Gasteiger partial charge in [0.25, 0.3) is 0 Å². The van der Waals surface area contributed by atoms with Crippen molar-refractivity contribution in [2.45, 2.75) is 15.9 Å². The molecule has 0 aliphatic rings. The van der Waals surface area contributed by atoms with Crippen molar-refractivity contribution < 1.29 is 0 Å². The molecule has 0 aliphatic heterocycles. The molecule has 1 rings (SSSR count). The monoisotopic (exact) mass is 275 g/mol. The number of nitrogens with zero attached hydrogens (tertiary/aromatic N) is 1. The first-order chi connectivity index (χ1) is 5.77. The van der Waals surface area contributed by atoms with Crippen molar-refractivity contribution in [2.24, 2.45) is 0 Å². The molecule has 1 nitrogen and oxygen atoms in total. The van der Waals surface area contributed by atoms with Crippen molar-refractivity contribution >= 4 is 20.9 Å². The van der Waals surface area contributed by atoms with Gasteiger partial charge in [-0.05, 0) is 0 Å². The molecule has 0 amide bonds. The van der Waals surface area contributed by atoms with Gasteiger partial charge in [-0.15, -0.1) is 0 Å². The molecule has 0 radical (unpaired) electrons. The fraction of sp³-hybridized carbons (Fsp3) is 0.300. The van der Waals surface area contributed by atoms with Crippen LogP contribution in [0, 0.1) is 11.3 Å². The summed E-state index contributed by atoms with van der Waals surface area (Å²) in [6.07, 6.45) is 0. The predicted molar refractivity (Wildman–Crippen MR) is 51.2 cm³/mol. The quantitative estimate of drug-likeness (QED) is 0.759. The molecule has 0 saturated heterocycles. The van der Waals surface area contributed by atoms with Gasteiger partial charge in [-0.2, -0.15) is 0 Å². The van der Waals surface area contributed by atoms with Crippen molar-refractivity contribution in [3.05, 3.63) is 35.4 Å². The van der Waals surface area contributed by atoms with Crippen molar-refractivity contribution in [3.63, 3.8) is 0 Å². The van der Waals surface area contributed by atoms with E-state index in [0.717, 1.165) is 9.53 Å². The SMILES string of the molecule is C[Te]C(C)c1ccc(C#N)cc1. The first-order valence-electron chi connectivity index (χ1n) is 3.80. The second-order valence-electron chi connectivity index (χ2n) is 2.61. The maximum atomic E-state index is 8.58. The molecule has 0 fully saturated rings. The van der Waals surface area contributed by atoms with Gasteiger partial charge in [-0.1, -0.05) is 0 Å². The van der Waals surface area contributed by atoms with Crippen molar-refractivity contribution in [3.8, 4) is 6.07 Å². The number of nitriles is 1. The Morgan fingerprint density at radius 2 is 1.92 bits per heavy atom. The van der Waals surface area contributed by atoms with E-state index in [9.17, 15) is 0 Å². The molecule has 62 valence electrons. The van der Waals surface area contributed by atoms with E-state index in [1.165, 1.54) is 5.56 Å². The predicted octanol–water partition coefficient (Wildman–Crippen LogP) is 2.37. The Bertz CT molecular complexity index is 284. The summed E-state index contributed by atoms with van der Waals surface area (Å²) in [5.74, 6) is 0. The van der Waals surface area contributed by atoms with Crippen LogP contribution < -0.4 is 0 Å². The Morgan fingerprint density at radius 1 is 1.33 bits per heavy atom. The summed E-state index contributed by atoms with van der Waals surface area (Å²) < 4.78 is 0.725. The molecule has 0 heterocycles. The third kappa shape index (κ3) is 2.24. The van der Waals surface area contributed by atoms with Crippen LogP contribution in [-0.2, 0) is 0 Å². The average molecular weight is 273 g/mol. The molecule has 2 heteroatoms. The van der Waals surface area contributed by atoms with E-state index >= 15 is 0 Å². The summed E-state index contributed by atoms with van der Waals surface area (Å²) in [6.45, 7) is 2.25. The van der Waals surface area contributed by atoms with Crippen molar-refractivity contribution in [1.82, 2.24) is 0 Å². The molecule has 0 N–H and O–H groups in total. The third-order valence-corrected chi connectivity index (χ3v) is 4.66. The van der Waals surface area contributed by atoms with Crippen LogP contribution in [0.2, 0.25) is 4.97 Å². The Hall–Kier alpha value is -0.500. The van der Waals surface area contributed by atoms with Gasteiger partial charge in [-0.25, -0.2) is 0 Å². The molecule has 1 unspecified atom stereocenters. The van der Waals surface area contributed by atoms with Gasteiger partial charge >= 0.3 is 83.5 Å². The van der Waals surface area contributed by atoms with Gasteiger partial charge in [0.2, 0.25) is 0 Å². The zero-order valence-electron chi connectivity index (χ0n) is 7.24. The van der Waals surface area contributed by atoms with E-state index in [-0.39, 0.29) is 20.9 Å². The summed E-state index contributed by atoms with van der Waals surface area (Å²) >= 11 is 0.109. The maximum absolute atomic E-state index is 8.58. The topological polar surface area (TPSA) is 23.8 Å². The number of rotatable bonds is 2. The molecule has 0 aliphatic carbocycles. The van der Waals surface area contributed by atoms with Crippen molar-refractivity contribution in [2.75, 3.05) is 0 Å². The van der Waals surface area contributed by atoms with Crippen LogP contribution in [0.4, 0.5) is 0 Å². The average Bonchev–Trinajstić information content (AvgIpc) is 2.17. The summed E-state index contributed by atoms with van der Waals surface area (Å²) in [7, 11) is 0. The van der Waals surface area contributed by atoms with Gasteiger partial charge in [-0.3, -0.25) is 0 Å². The molecule has 0 spiro atoms. The normalized spacial score (nSPS) is 12.1. The molecular weight excluding hydrogens is 262 g/mol. The van der Waals surface area contributed by atoms with Crippen LogP contribution in [0.15, 0.2) is 24.3 Å². The van der Waals surface area contributed by atoms with Gasteiger partial charge < -0.3 is 0 Å².